The summed E-state index contributed by atoms with van der Waals surface area (Å²) >= 11 is 0. The molecule has 5 nitrogen and oxygen atoms in total. The molecule has 0 atom stereocenters. The molecule has 1 aromatic carbocycles. The molecule has 1 N–H and O–H groups in total. The first kappa shape index (κ1) is 16.0. The molecular weight excluding hydrogens is 254 g/mol. The summed E-state index contributed by atoms with van der Waals surface area (Å²) in [6.45, 7) is 3.96. The average molecular weight is 277 g/mol. The van der Waals surface area contributed by atoms with Crippen LogP contribution in [0.15, 0.2) is 24.3 Å². The summed E-state index contributed by atoms with van der Waals surface area (Å²) in [7, 11) is 5.16. The lowest BCUT2D eigenvalue weighted by molar-refractivity contribution is -0.130. The number of rotatable bonds is 4. The smallest absolute Gasteiger partial charge is 0.321 e. The zero-order chi connectivity index (χ0) is 15.3. The highest BCUT2D eigenvalue weighted by Gasteiger charge is 2.13. The minimum atomic E-state index is -0.187. The van der Waals surface area contributed by atoms with E-state index in [1.54, 1.807) is 26.0 Å². The Morgan fingerprint density at radius 3 is 2.40 bits per heavy atom. The highest BCUT2D eigenvalue weighted by Crippen LogP contribution is 2.13. The quantitative estimate of drug-likeness (QED) is 0.917. The van der Waals surface area contributed by atoms with Gasteiger partial charge in [0.2, 0.25) is 5.91 Å². The lowest BCUT2D eigenvalue weighted by Gasteiger charge is -2.21. The SMILES string of the molecule is CC(C)N(C)C(=O)Cc1cccc(NC(=O)N(C)C)c1. The second kappa shape index (κ2) is 6.93. The van der Waals surface area contributed by atoms with Gasteiger partial charge in [-0.3, -0.25) is 4.79 Å². The van der Waals surface area contributed by atoms with Crippen LogP contribution in [0.3, 0.4) is 0 Å². The van der Waals surface area contributed by atoms with Crippen molar-refractivity contribution in [3.8, 4) is 0 Å². The zero-order valence-electron chi connectivity index (χ0n) is 12.8. The zero-order valence-corrected chi connectivity index (χ0v) is 12.8. The number of nitrogens with zero attached hydrogens (tertiary/aromatic N) is 2. The number of hydrogen-bond donors (Lipinski definition) is 1. The minimum absolute atomic E-state index is 0.0658. The maximum atomic E-state index is 12.0. The second-order valence-corrected chi connectivity index (χ2v) is 5.30. The molecule has 1 rings (SSSR count). The largest absolute Gasteiger partial charge is 0.343 e. The van der Waals surface area contributed by atoms with Crippen LogP contribution in [0.5, 0.6) is 0 Å². The fourth-order valence-electron chi connectivity index (χ4n) is 1.58. The Balaban J connectivity index is 2.73. The lowest BCUT2D eigenvalue weighted by Crippen LogP contribution is -2.34. The first-order chi connectivity index (χ1) is 9.31. The van der Waals surface area contributed by atoms with E-state index >= 15 is 0 Å². The molecule has 0 radical (unpaired) electrons. The normalized spacial score (nSPS) is 10.3. The number of amides is 3. The molecule has 0 aromatic heterocycles. The van der Waals surface area contributed by atoms with Crippen molar-refractivity contribution in [3.05, 3.63) is 29.8 Å². The molecular formula is C15H23N3O2. The number of benzene rings is 1. The van der Waals surface area contributed by atoms with Crippen LogP contribution in [0, 0.1) is 0 Å². The van der Waals surface area contributed by atoms with Crippen molar-refractivity contribution >= 4 is 17.6 Å². The molecule has 0 fully saturated rings. The van der Waals surface area contributed by atoms with Gasteiger partial charge in [-0.15, -0.1) is 0 Å². The third kappa shape index (κ3) is 4.57. The van der Waals surface area contributed by atoms with Crippen molar-refractivity contribution in [3.63, 3.8) is 0 Å². The van der Waals surface area contributed by atoms with Gasteiger partial charge < -0.3 is 15.1 Å². The number of carbonyl (C=O) groups excluding carboxylic acids is 2. The van der Waals surface area contributed by atoms with E-state index in [2.05, 4.69) is 5.32 Å². The van der Waals surface area contributed by atoms with E-state index in [1.165, 1.54) is 4.90 Å². The number of nitrogens with one attached hydrogen (secondary N) is 1. The molecule has 0 spiro atoms. The van der Waals surface area contributed by atoms with E-state index in [-0.39, 0.29) is 18.0 Å². The maximum absolute atomic E-state index is 12.0. The van der Waals surface area contributed by atoms with Crippen LogP contribution in [-0.4, -0.2) is 48.9 Å². The Bertz CT molecular complexity index is 484. The van der Waals surface area contributed by atoms with E-state index in [4.69, 9.17) is 0 Å². The molecule has 0 aliphatic carbocycles. The van der Waals surface area contributed by atoms with E-state index in [9.17, 15) is 9.59 Å². The van der Waals surface area contributed by atoms with E-state index < -0.39 is 0 Å². The topological polar surface area (TPSA) is 52.7 Å². The summed E-state index contributed by atoms with van der Waals surface area (Å²) in [4.78, 5) is 26.8. The van der Waals surface area contributed by atoms with Crippen LogP contribution < -0.4 is 5.32 Å². The van der Waals surface area contributed by atoms with Gasteiger partial charge in [0.05, 0.1) is 6.42 Å². The fourth-order valence-corrected chi connectivity index (χ4v) is 1.58. The summed E-state index contributed by atoms with van der Waals surface area (Å²) in [6, 6.07) is 7.35. The summed E-state index contributed by atoms with van der Waals surface area (Å²) in [5.74, 6) is 0.0658. The van der Waals surface area contributed by atoms with Crippen LogP contribution in [0.25, 0.3) is 0 Å². The Hall–Kier alpha value is -2.04. The van der Waals surface area contributed by atoms with Gasteiger partial charge in [0.15, 0.2) is 0 Å². The van der Waals surface area contributed by atoms with Gasteiger partial charge in [-0.2, -0.15) is 0 Å². The van der Waals surface area contributed by atoms with Gasteiger partial charge in [-0.25, -0.2) is 4.79 Å². The molecule has 3 amide bonds. The number of urea groups is 1. The molecule has 5 heteroatoms. The van der Waals surface area contributed by atoms with Gasteiger partial charge in [-0.1, -0.05) is 12.1 Å². The van der Waals surface area contributed by atoms with Crippen molar-refractivity contribution in [1.82, 2.24) is 9.80 Å². The Morgan fingerprint density at radius 1 is 1.20 bits per heavy atom. The first-order valence-electron chi connectivity index (χ1n) is 6.64. The Morgan fingerprint density at radius 2 is 1.85 bits per heavy atom. The van der Waals surface area contributed by atoms with Gasteiger partial charge in [-0.05, 0) is 31.5 Å². The number of anilines is 1. The second-order valence-electron chi connectivity index (χ2n) is 5.30. The minimum Gasteiger partial charge on any atom is -0.343 e. The monoisotopic (exact) mass is 277 g/mol. The molecule has 0 unspecified atom stereocenters. The lowest BCUT2D eigenvalue weighted by atomic mass is 10.1. The van der Waals surface area contributed by atoms with Crippen molar-refractivity contribution < 1.29 is 9.59 Å². The van der Waals surface area contributed by atoms with Crippen LogP contribution in [-0.2, 0) is 11.2 Å². The standard InChI is InChI=1S/C15H23N3O2/c1-11(2)18(5)14(19)10-12-7-6-8-13(9-12)16-15(20)17(3)4/h6-9,11H,10H2,1-5H3,(H,16,20). The number of hydrogen-bond acceptors (Lipinski definition) is 2. The van der Waals surface area contributed by atoms with Crippen LogP contribution in [0.1, 0.15) is 19.4 Å². The van der Waals surface area contributed by atoms with Crippen molar-refractivity contribution in [2.75, 3.05) is 26.5 Å². The van der Waals surface area contributed by atoms with Crippen LogP contribution in [0.2, 0.25) is 0 Å². The molecule has 0 saturated heterocycles. The van der Waals surface area contributed by atoms with Crippen LogP contribution in [0.4, 0.5) is 10.5 Å². The number of carbonyl (C=O) groups is 2. The van der Waals surface area contributed by atoms with Crippen molar-refractivity contribution in [2.24, 2.45) is 0 Å². The summed E-state index contributed by atoms with van der Waals surface area (Å²) < 4.78 is 0. The number of likely N-dealkylation sites (N-methyl/N-ethyl adjacent to an activating group) is 1. The van der Waals surface area contributed by atoms with Crippen molar-refractivity contribution in [1.29, 1.82) is 0 Å². The Labute approximate surface area is 120 Å². The highest BCUT2D eigenvalue weighted by molar-refractivity contribution is 5.89. The van der Waals surface area contributed by atoms with E-state index in [0.29, 0.717) is 12.1 Å². The summed E-state index contributed by atoms with van der Waals surface area (Å²) in [5, 5.41) is 2.77. The van der Waals surface area contributed by atoms with E-state index in [1.807, 2.05) is 38.1 Å². The third-order valence-electron chi connectivity index (χ3n) is 3.11. The third-order valence-corrected chi connectivity index (χ3v) is 3.11. The average Bonchev–Trinajstić information content (AvgIpc) is 2.37. The van der Waals surface area contributed by atoms with Gasteiger partial charge in [0.25, 0.3) is 0 Å². The molecule has 1 aromatic rings. The Kier molecular flexibility index (Phi) is 5.55. The van der Waals surface area contributed by atoms with Gasteiger partial charge in [0.1, 0.15) is 0 Å². The predicted molar refractivity (Wildman–Crippen MR) is 80.8 cm³/mol. The van der Waals surface area contributed by atoms with Crippen LogP contribution >= 0.6 is 0 Å². The first-order valence-corrected chi connectivity index (χ1v) is 6.64. The fraction of sp³-hybridized carbons (Fsp3) is 0.467. The summed E-state index contributed by atoms with van der Waals surface area (Å²) in [5.41, 5.74) is 1.58. The molecule has 0 heterocycles. The predicted octanol–water partition coefficient (Wildman–Crippen LogP) is 2.19. The van der Waals surface area contributed by atoms with Gasteiger partial charge in [0, 0.05) is 32.9 Å². The highest BCUT2D eigenvalue weighted by atomic mass is 16.2. The van der Waals surface area contributed by atoms with Gasteiger partial charge >= 0.3 is 6.03 Å². The molecule has 0 aliphatic heterocycles. The van der Waals surface area contributed by atoms with Crippen molar-refractivity contribution in [2.45, 2.75) is 26.3 Å². The molecule has 110 valence electrons. The van der Waals surface area contributed by atoms with E-state index in [0.717, 1.165) is 5.56 Å². The maximum Gasteiger partial charge on any atom is 0.321 e. The molecule has 0 bridgehead atoms. The molecule has 20 heavy (non-hydrogen) atoms. The molecule has 0 saturated carbocycles. The summed E-state index contributed by atoms with van der Waals surface area (Å²) in [6.07, 6.45) is 0.334. The molecule has 0 aliphatic rings.